The molecule has 0 aliphatic heterocycles. The van der Waals surface area contributed by atoms with Crippen molar-refractivity contribution in [2.24, 2.45) is 0 Å². The number of hydrogen-bond acceptors (Lipinski definition) is 5. The predicted octanol–water partition coefficient (Wildman–Crippen LogP) is 3.29. The number of esters is 1. The van der Waals surface area contributed by atoms with Crippen LogP contribution in [-0.2, 0) is 15.7 Å². The lowest BCUT2D eigenvalue weighted by Crippen LogP contribution is -2.26. The number of hydrogen-bond donors (Lipinski definition) is 1. The number of anilines is 1. The topological polar surface area (TPSA) is 51.2 Å². The highest BCUT2D eigenvalue weighted by Gasteiger charge is 2.30. The van der Waals surface area contributed by atoms with Crippen molar-refractivity contribution in [3.05, 3.63) is 23.8 Å². The van der Waals surface area contributed by atoms with Crippen LogP contribution in [0.4, 0.5) is 18.3 Å². The molecular formula is C12H11F3N2O2S. The van der Waals surface area contributed by atoms with Crippen molar-refractivity contribution in [3.63, 3.8) is 0 Å². The van der Waals surface area contributed by atoms with Gasteiger partial charge in [0.15, 0.2) is 5.13 Å². The fraction of sp³-hybridized carbons (Fsp3) is 0.333. The zero-order valence-corrected chi connectivity index (χ0v) is 11.4. The molecule has 2 aromatic rings. The molecule has 0 saturated heterocycles. The van der Waals surface area contributed by atoms with Gasteiger partial charge in [0.25, 0.3) is 0 Å². The molecule has 0 radical (unpaired) electrons. The maximum atomic E-state index is 12.6. The Balaban J connectivity index is 2.28. The van der Waals surface area contributed by atoms with Gasteiger partial charge in [0.1, 0.15) is 6.04 Å². The molecule has 1 heterocycles. The Kier molecular flexibility index (Phi) is 3.85. The molecule has 0 aliphatic rings. The van der Waals surface area contributed by atoms with Crippen molar-refractivity contribution in [3.8, 4) is 0 Å². The van der Waals surface area contributed by atoms with E-state index in [1.54, 1.807) is 6.92 Å². The molecule has 1 unspecified atom stereocenters. The van der Waals surface area contributed by atoms with Gasteiger partial charge in [-0.15, -0.1) is 0 Å². The summed E-state index contributed by atoms with van der Waals surface area (Å²) in [4.78, 5) is 15.3. The summed E-state index contributed by atoms with van der Waals surface area (Å²) in [7, 11) is 1.26. The highest BCUT2D eigenvalue weighted by atomic mass is 32.1. The van der Waals surface area contributed by atoms with Crippen LogP contribution in [0, 0.1) is 0 Å². The monoisotopic (exact) mass is 304 g/mol. The van der Waals surface area contributed by atoms with Crippen LogP contribution in [0.2, 0.25) is 0 Å². The number of nitrogens with one attached hydrogen (secondary N) is 1. The third kappa shape index (κ3) is 3.01. The number of alkyl halides is 3. The van der Waals surface area contributed by atoms with Gasteiger partial charge in [-0.05, 0) is 25.1 Å². The first-order chi connectivity index (χ1) is 9.31. The molecule has 1 aromatic carbocycles. The summed E-state index contributed by atoms with van der Waals surface area (Å²) in [6.45, 7) is 1.58. The Morgan fingerprint density at radius 2 is 2.15 bits per heavy atom. The molecule has 0 amide bonds. The number of carbonyl (C=O) groups is 1. The molecule has 0 saturated carbocycles. The van der Waals surface area contributed by atoms with E-state index in [1.165, 1.54) is 24.5 Å². The Hall–Kier alpha value is -1.83. The zero-order chi connectivity index (χ0) is 14.9. The third-order valence-electron chi connectivity index (χ3n) is 2.61. The molecule has 0 spiro atoms. The Morgan fingerprint density at radius 1 is 1.45 bits per heavy atom. The second-order valence-corrected chi connectivity index (χ2v) is 5.12. The average molecular weight is 304 g/mol. The van der Waals surface area contributed by atoms with Gasteiger partial charge >= 0.3 is 12.1 Å². The summed E-state index contributed by atoms with van der Waals surface area (Å²) >= 11 is 1.18. The number of halogens is 3. The van der Waals surface area contributed by atoms with Crippen LogP contribution in [0.15, 0.2) is 18.2 Å². The van der Waals surface area contributed by atoms with Crippen LogP contribution in [-0.4, -0.2) is 24.1 Å². The lowest BCUT2D eigenvalue weighted by molar-refractivity contribution is -0.141. The van der Waals surface area contributed by atoms with Gasteiger partial charge in [-0.2, -0.15) is 13.2 Å². The number of thiazole rings is 1. The third-order valence-corrected chi connectivity index (χ3v) is 3.58. The minimum absolute atomic E-state index is 0.240. The fourth-order valence-corrected chi connectivity index (χ4v) is 2.52. The highest BCUT2D eigenvalue weighted by molar-refractivity contribution is 7.22. The molecule has 1 N–H and O–H groups in total. The predicted molar refractivity (Wildman–Crippen MR) is 69.7 cm³/mol. The second kappa shape index (κ2) is 5.28. The van der Waals surface area contributed by atoms with E-state index >= 15 is 0 Å². The van der Waals surface area contributed by atoms with Crippen molar-refractivity contribution in [2.45, 2.75) is 19.1 Å². The Labute approximate surface area is 116 Å². The first-order valence-corrected chi connectivity index (χ1v) is 6.45. The van der Waals surface area contributed by atoms with Crippen molar-refractivity contribution in [2.75, 3.05) is 12.4 Å². The number of rotatable bonds is 3. The van der Waals surface area contributed by atoms with Gasteiger partial charge in [0, 0.05) is 0 Å². The van der Waals surface area contributed by atoms with Crippen LogP contribution in [0.5, 0.6) is 0 Å². The van der Waals surface area contributed by atoms with Gasteiger partial charge in [-0.3, -0.25) is 0 Å². The number of ether oxygens (including phenoxy) is 1. The summed E-state index contributed by atoms with van der Waals surface area (Å²) in [5, 5.41) is 3.16. The van der Waals surface area contributed by atoms with Gasteiger partial charge in [0.2, 0.25) is 0 Å². The Morgan fingerprint density at radius 3 is 2.75 bits per heavy atom. The number of fused-ring (bicyclic) bond motifs is 1. The van der Waals surface area contributed by atoms with Crippen molar-refractivity contribution in [1.82, 2.24) is 4.98 Å². The molecule has 20 heavy (non-hydrogen) atoms. The molecule has 4 nitrogen and oxygen atoms in total. The molecule has 108 valence electrons. The van der Waals surface area contributed by atoms with E-state index in [2.05, 4.69) is 15.0 Å². The lowest BCUT2D eigenvalue weighted by Gasteiger charge is -2.09. The van der Waals surface area contributed by atoms with Crippen molar-refractivity contribution in [1.29, 1.82) is 0 Å². The van der Waals surface area contributed by atoms with Crippen molar-refractivity contribution < 1.29 is 22.7 Å². The average Bonchev–Trinajstić information content (AvgIpc) is 2.77. The standard InChI is InChI=1S/C12H11F3N2O2S/c1-6(10(18)19-2)16-11-17-8-5-7(12(13,14)15)3-4-9(8)20-11/h3-6H,1-2H3,(H,16,17). The number of aromatic nitrogens is 1. The number of benzene rings is 1. The number of nitrogens with zero attached hydrogens (tertiary/aromatic N) is 1. The molecule has 1 atom stereocenters. The van der Waals surface area contributed by atoms with Crippen LogP contribution in [0.25, 0.3) is 10.2 Å². The number of carbonyl (C=O) groups excluding carboxylic acids is 1. The normalized spacial score (nSPS) is 13.2. The summed E-state index contributed by atoms with van der Waals surface area (Å²) in [6.07, 6.45) is -4.40. The molecule has 8 heteroatoms. The summed E-state index contributed by atoms with van der Waals surface area (Å²) in [6, 6.07) is 2.74. The van der Waals surface area contributed by atoms with Gasteiger partial charge < -0.3 is 10.1 Å². The lowest BCUT2D eigenvalue weighted by atomic mass is 10.2. The first-order valence-electron chi connectivity index (χ1n) is 5.63. The van der Waals surface area contributed by atoms with E-state index in [1.807, 2.05) is 0 Å². The van der Waals surface area contributed by atoms with E-state index in [4.69, 9.17) is 0 Å². The maximum Gasteiger partial charge on any atom is 0.416 e. The second-order valence-electron chi connectivity index (χ2n) is 4.09. The maximum absolute atomic E-state index is 12.6. The van der Waals surface area contributed by atoms with Crippen LogP contribution < -0.4 is 5.32 Å². The van der Waals surface area contributed by atoms with Crippen molar-refractivity contribution >= 4 is 32.7 Å². The van der Waals surface area contributed by atoms with Crippen LogP contribution >= 0.6 is 11.3 Å². The summed E-state index contributed by atoms with van der Waals surface area (Å²) in [5.74, 6) is -0.472. The van der Waals surface area contributed by atoms with Gasteiger partial charge in [-0.25, -0.2) is 9.78 Å². The summed E-state index contributed by atoms with van der Waals surface area (Å²) in [5.41, 5.74) is -0.507. The molecule has 0 bridgehead atoms. The zero-order valence-electron chi connectivity index (χ0n) is 10.6. The fourth-order valence-electron chi connectivity index (χ4n) is 1.59. The first kappa shape index (κ1) is 14.6. The smallest absolute Gasteiger partial charge is 0.416 e. The highest BCUT2D eigenvalue weighted by Crippen LogP contribution is 2.34. The summed E-state index contributed by atoms with van der Waals surface area (Å²) < 4.78 is 42.9. The van der Waals surface area contributed by atoms with E-state index < -0.39 is 23.8 Å². The molecule has 0 aliphatic carbocycles. The molecular weight excluding hydrogens is 293 g/mol. The SMILES string of the molecule is COC(=O)C(C)Nc1nc2cc(C(F)(F)F)ccc2s1. The molecule has 2 rings (SSSR count). The van der Waals surface area contributed by atoms with Gasteiger partial charge in [-0.1, -0.05) is 11.3 Å². The van der Waals surface area contributed by atoms with Crippen LogP contribution in [0.1, 0.15) is 12.5 Å². The molecule has 1 aromatic heterocycles. The largest absolute Gasteiger partial charge is 0.467 e. The van der Waals surface area contributed by atoms with Crippen LogP contribution in [0.3, 0.4) is 0 Å². The van der Waals surface area contributed by atoms with E-state index in [0.717, 1.165) is 12.1 Å². The van der Waals surface area contributed by atoms with E-state index in [0.29, 0.717) is 9.83 Å². The minimum Gasteiger partial charge on any atom is -0.467 e. The minimum atomic E-state index is -4.40. The Bertz CT molecular complexity index is 639. The van der Waals surface area contributed by atoms with Gasteiger partial charge in [0.05, 0.1) is 22.9 Å². The quantitative estimate of drug-likeness (QED) is 0.884. The van der Waals surface area contributed by atoms with E-state index in [9.17, 15) is 18.0 Å². The van der Waals surface area contributed by atoms with E-state index in [-0.39, 0.29) is 5.52 Å². The molecule has 0 fully saturated rings. The number of methoxy groups -OCH3 is 1.